The van der Waals surface area contributed by atoms with Crippen molar-refractivity contribution >= 4 is 17.7 Å². The van der Waals surface area contributed by atoms with E-state index in [9.17, 15) is 4.79 Å². The first-order valence-electron chi connectivity index (χ1n) is 6.58. The molecule has 3 rings (SSSR count). The van der Waals surface area contributed by atoms with Crippen molar-refractivity contribution in [3.63, 3.8) is 0 Å². The van der Waals surface area contributed by atoms with E-state index in [1.54, 1.807) is 19.0 Å². The molecule has 6 nitrogen and oxygen atoms in total. The maximum absolute atomic E-state index is 11.7. The maximum Gasteiger partial charge on any atom is 0.321 e. The van der Waals surface area contributed by atoms with E-state index in [1.165, 1.54) is 11.1 Å². The first-order valence-corrected chi connectivity index (χ1v) is 6.58. The minimum Gasteiger partial charge on any atom is -0.463 e. The summed E-state index contributed by atoms with van der Waals surface area (Å²) in [5, 5.41) is 2.61. The summed E-state index contributed by atoms with van der Waals surface area (Å²) in [7, 11) is 3.37. The molecule has 0 saturated heterocycles. The molecule has 0 fully saturated rings. The molecule has 0 radical (unpaired) electrons. The van der Waals surface area contributed by atoms with E-state index in [1.807, 2.05) is 12.1 Å². The van der Waals surface area contributed by atoms with Crippen LogP contribution in [0.2, 0.25) is 0 Å². The molecule has 1 aromatic rings. The highest BCUT2D eigenvalue weighted by atomic mass is 16.5. The first kappa shape index (κ1) is 12.8. The molecular formula is C14H18N4O2. The number of rotatable bonds is 1. The largest absolute Gasteiger partial charge is 0.463 e. The second-order valence-corrected chi connectivity index (χ2v) is 5.38. The average molecular weight is 274 g/mol. The minimum atomic E-state index is -0.239. The van der Waals surface area contributed by atoms with Crippen LogP contribution in [-0.2, 0) is 17.6 Å². The van der Waals surface area contributed by atoms with Crippen molar-refractivity contribution < 1.29 is 9.53 Å². The van der Waals surface area contributed by atoms with Crippen LogP contribution in [0.5, 0.6) is 0 Å². The van der Waals surface area contributed by atoms with Gasteiger partial charge in [0.25, 0.3) is 6.02 Å². The summed E-state index contributed by atoms with van der Waals surface area (Å²) >= 11 is 0. The van der Waals surface area contributed by atoms with Gasteiger partial charge >= 0.3 is 6.03 Å². The van der Waals surface area contributed by atoms with Gasteiger partial charge in [-0.3, -0.25) is 4.90 Å². The van der Waals surface area contributed by atoms with Gasteiger partial charge in [-0.05, 0) is 23.3 Å². The number of fused-ring (bicyclic) bond motifs is 1. The lowest BCUT2D eigenvalue weighted by atomic mass is 9.99. The number of nitrogens with one attached hydrogen (secondary N) is 1. The van der Waals surface area contributed by atoms with Gasteiger partial charge in [0.1, 0.15) is 12.1 Å². The number of ether oxygens (including phenoxy) is 1. The van der Waals surface area contributed by atoms with Gasteiger partial charge in [0, 0.05) is 32.6 Å². The monoisotopic (exact) mass is 274 g/mol. The van der Waals surface area contributed by atoms with Crippen molar-refractivity contribution in [3.05, 3.63) is 29.3 Å². The van der Waals surface area contributed by atoms with Crippen LogP contribution in [0.25, 0.3) is 0 Å². The Kier molecular flexibility index (Phi) is 2.81. The zero-order chi connectivity index (χ0) is 14.3. The lowest BCUT2D eigenvalue weighted by Crippen LogP contribution is -2.34. The number of amidine groups is 1. The van der Waals surface area contributed by atoms with E-state index in [-0.39, 0.29) is 17.6 Å². The number of amides is 2. The van der Waals surface area contributed by atoms with E-state index in [0.29, 0.717) is 6.61 Å². The number of hydrogen-bond acceptors (Lipinski definition) is 4. The van der Waals surface area contributed by atoms with Crippen molar-refractivity contribution in [2.45, 2.75) is 18.4 Å². The summed E-state index contributed by atoms with van der Waals surface area (Å²) in [6.45, 7) is 0.536. The fourth-order valence-corrected chi connectivity index (χ4v) is 2.90. The van der Waals surface area contributed by atoms with Crippen molar-refractivity contribution in [1.29, 1.82) is 0 Å². The molecule has 1 aliphatic carbocycles. The highest BCUT2D eigenvalue weighted by Crippen LogP contribution is 2.37. The van der Waals surface area contributed by atoms with Gasteiger partial charge in [0.2, 0.25) is 0 Å². The maximum atomic E-state index is 11.7. The Bertz CT molecular complexity index is 599. The number of benzene rings is 1. The van der Waals surface area contributed by atoms with E-state index in [0.717, 1.165) is 18.5 Å². The summed E-state index contributed by atoms with van der Waals surface area (Å²) in [6.07, 6.45) is 1.64. The Hall–Kier alpha value is -2.24. The molecule has 1 unspecified atom stereocenters. The van der Waals surface area contributed by atoms with Gasteiger partial charge in [0.05, 0.1) is 0 Å². The summed E-state index contributed by atoms with van der Waals surface area (Å²) < 4.78 is 5.31. The van der Waals surface area contributed by atoms with Crippen LogP contribution < -0.4 is 16.0 Å². The zero-order valence-electron chi connectivity index (χ0n) is 11.6. The molecule has 1 aliphatic heterocycles. The van der Waals surface area contributed by atoms with Crippen molar-refractivity contribution in [1.82, 2.24) is 5.32 Å². The Morgan fingerprint density at radius 1 is 1.45 bits per heavy atom. The number of carbonyl (C=O) groups is 1. The van der Waals surface area contributed by atoms with Gasteiger partial charge in [0.15, 0.2) is 0 Å². The van der Waals surface area contributed by atoms with E-state index in [2.05, 4.69) is 16.4 Å². The zero-order valence-corrected chi connectivity index (χ0v) is 11.6. The van der Waals surface area contributed by atoms with Crippen molar-refractivity contribution in [2.24, 2.45) is 10.7 Å². The van der Waals surface area contributed by atoms with Crippen LogP contribution in [0.1, 0.15) is 11.1 Å². The van der Waals surface area contributed by atoms with Crippen molar-refractivity contribution in [3.8, 4) is 0 Å². The second-order valence-electron chi connectivity index (χ2n) is 5.38. The van der Waals surface area contributed by atoms with E-state index in [4.69, 9.17) is 10.5 Å². The molecule has 20 heavy (non-hydrogen) atoms. The fraction of sp³-hybridized carbons (Fsp3) is 0.429. The molecule has 1 aromatic carbocycles. The van der Waals surface area contributed by atoms with Crippen LogP contribution >= 0.6 is 0 Å². The molecule has 0 saturated carbocycles. The molecule has 106 valence electrons. The fourth-order valence-electron chi connectivity index (χ4n) is 2.90. The first-order chi connectivity index (χ1) is 9.53. The van der Waals surface area contributed by atoms with Crippen LogP contribution in [0.3, 0.4) is 0 Å². The van der Waals surface area contributed by atoms with Crippen LogP contribution in [0.15, 0.2) is 23.2 Å². The van der Waals surface area contributed by atoms with Crippen LogP contribution in [-0.4, -0.2) is 38.3 Å². The van der Waals surface area contributed by atoms with Gasteiger partial charge in [-0.25, -0.2) is 9.79 Å². The van der Waals surface area contributed by atoms with Crippen LogP contribution in [0.4, 0.5) is 10.5 Å². The molecule has 6 heteroatoms. The van der Waals surface area contributed by atoms with Gasteiger partial charge in [-0.15, -0.1) is 0 Å². The number of urea groups is 1. The van der Waals surface area contributed by atoms with Gasteiger partial charge in [-0.2, -0.15) is 0 Å². The van der Waals surface area contributed by atoms with E-state index < -0.39 is 0 Å². The number of carbonyl (C=O) groups excluding carboxylic acids is 1. The molecule has 0 bridgehead atoms. The number of nitrogens with two attached hydrogens (primary N) is 1. The Morgan fingerprint density at radius 3 is 2.85 bits per heavy atom. The number of nitrogens with zero attached hydrogens (tertiary/aromatic N) is 2. The molecule has 3 N–H and O–H groups in total. The normalized spacial score (nSPS) is 23.2. The quantitative estimate of drug-likeness (QED) is 0.789. The predicted octanol–water partition coefficient (Wildman–Crippen LogP) is 0.644. The smallest absolute Gasteiger partial charge is 0.321 e. The summed E-state index contributed by atoms with van der Waals surface area (Å²) in [6, 6.07) is 6.20. The predicted molar refractivity (Wildman–Crippen MR) is 77.0 cm³/mol. The topological polar surface area (TPSA) is 80.0 Å². The van der Waals surface area contributed by atoms with Crippen LogP contribution in [0, 0.1) is 0 Å². The summed E-state index contributed by atoms with van der Waals surface area (Å²) in [5.74, 6) is 0. The molecule has 1 heterocycles. The Balaban J connectivity index is 1.87. The summed E-state index contributed by atoms with van der Waals surface area (Å²) in [4.78, 5) is 17.7. The third-order valence-corrected chi connectivity index (χ3v) is 3.97. The molecule has 0 aromatic heterocycles. The van der Waals surface area contributed by atoms with Gasteiger partial charge < -0.3 is 15.8 Å². The number of aliphatic imine (C=N–C) groups is 1. The number of hydrogen-bond donors (Lipinski definition) is 2. The molecular weight excluding hydrogens is 256 g/mol. The minimum absolute atomic E-state index is 0.135. The average Bonchev–Trinajstić information content (AvgIpc) is 2.98. The third kappa shape index (κ3) is 1.97. The molecule has 2 amide bonds. The van der Waals surface area contributed by atoms with E-state index >= 15 is 0 Å². The standard InChI is InChI=1S/C14H18N4O2/c1-16-13(19)18(2)11-4-3-9-6-14(7-10(9)5-11)8-20-12(15)17-14/h3-5H,6-8H2,1-2H3,(H2,15,17)(H,16,19). The Labute approximate surface area is 117 Å². The Morgan fingerprint density at radius 2 is 2.20 bits per heavy atom. The number of anilines is 1. The SMILES string of the molecule is CNC(=O)N(C)c1ccc2c(c1)CC1(COC(N)=N1)C2. The molecule has 1 atom stereocenters. The summed E-state index contributed by atoms with van der Waals surface area (Å²) in [5.41, 5.74) is 8.72. The lowest BCUT2D eigenvalue weighted by Gasteiger charge is -2.17. The lowest BCUT2D eigenvalue weighted by molar-refractivity contribution is 0.249. The van der Waals surface area contributed by atoms with Gasteiger partial charge in [-0.1, -0.05) is 6.07 Å². The molecule has 2 aliphatic rings. The highest BCUT2D eigenvalue weighted by Gasteiger charge is 2.42. The van der Waals surface area contributed by atoms with Crippen molar-refractivity contribution in [2.75, 3.05) is 25.6 Å². The second kappa shape index (κ2) is 4.40. The highest BCUT2D eigenvalue weighted by molar-refractivity contribution is 5.91. The third-order valence-electron chi connectivity index (χ3n) is 3.97. The molecule has 1 spiro atoms.